The van der Waals surface area contributed by atoms with Crippen LogP contribution in [-0.4, -0.2) is 29.3 Å². The zero-order valence-corrected chi connectivity index (χ0v) is 7.53. The van der Waals surface area contributed by atoms with E-state index in [1.807, 2.05) is 0 Å². The molecule has 0 saturated heterocycles. The molecule has 72 valence electrons. The van der Waals surface area contributed by atoms with Crippen LogP contribution in [0.4, 0.5) is 6.01 Å². The fourth-order valence-electron chi connectivity index (χ4n) is 0.729. The topological polar surface area (TPSA) is 77.2 Å². The summed E-state index contributed by atoms with van der Waals surface area (Å²) in [7, 11) is 0. The Morgan fingerprint density at radius 2 is 2.46 bits per heavy atom. The van der Waals surface area contributed by atoms with Crippen molar-refractivity contribution in [2.75, 3.05) is 18.5 Å². The van der Waals surface area contributed by atoms with Crippen molar-refractivity contribution in [1.82, 2.24) is 10.1 Å². The predicted molar refractivity (Wildman–Crippen MR) is 44.2 cm³/mol. The predicted octanol–water partition coefficient (Wildman–Crippen LogP) is 0.353. The highest BCUT2D eigenvalue weighted by Crippen LogP contribution is 2.00. The smallest absolute Gasteiger partial charge is 0.325 e. The Kier molecular flexibility index (Phi) is 3.24. The van der Waals surface area contributed by atoms with Crippen LogP contribution in [0.1, 0.15) is 12.7 Å². The van der Waals surface area contributed by atoms with Crippen LogP contribution in [0.5, 0.6) is 0 Å². The lowest BCUT2D eigenvalue weighted by Gasteiger charge is -2.00. The van der Waals surface area contributed by atoms with Crippen molar-refractivity contribution in [2.45, 2.75) is 13.8 Å². The molecule has 6 heteroatoms. The Morgan fingerprint density at radius 3 is 3.00 bits per heavy atom. The van der Waals surface area contributed by atoms with Gasteiger partial charge >= 0.3 is 12.0 Å². The van der Waals surface area contributed by atoms with Gasteiger partial charge in [0.25, 0.3) is 0 Å². The second-order valence-corrected chi connectivity index (χ2v) is 2.31. The minimum absolute atomic E-state index is 0.0372. The van der Waals surface area contributed by atoms with Gasteiger partial charge in [-0.25, -0.2) is 0 Å². The van der Waals surface area contributed by atoms with E-state index < -0.39 is 0 Å². The molecule has 0 aliphatic rings. The van der Waals surface area contributed by atoms with Crippen molar-refractivity contribution in [1.29, 1.82) is 0 Å². The van der Waals surface area contributed by atoms with Crippen molar-refractivity contribution >= 4 is 12.0 Å². The molecule has 1 N–H and O–H groups in total. The summed E-state index contributed by atoms with van der Waals surface area (Å²) in [6.45, 7) is 3.84. The summed E-state index contributed by atoms with van der Waals surface area (Å²) >= 11 is 0. The molecule has 0 atom stereocenters. The number of rotatable bonds is 4. The van der Waals surface area contributed by atoms with Gasteiger partial charge in [-0.05, 0) is 13.8 Å². The average molecular weight is 185 g/mol. The van der Waals surface area contributed by atoms with Gasteiger partial charge in [-0.3, -0.25) is 4.79 Å². The second-order valence-electron chi connectivity index (χ2n) is 2.31. The summed E-state index contributed by atoms with van der Waals surface area (Å²) in [5, 5.41) is 6.18. The van der Waals surface area contributed by atoms with Gasteiger partial charge in [0.2, 0.25) is 0 Å². The zero-order chi connectivity index (χ0) is 9.68. The van der Waals surface area contributed by atoms with Crippen LogP contribution in [0.2, 0.25) is 0 Å². The first-order valence-electron chi connectivity index (χ1n) is 3.92. The van der Waals surface area contributed by atoms with E-state index in [9.17, 15) is 4.79 Å². The van der Waals surface area contributed by atoms with E-state index in [-0.39, 0.29) is 18.5 Å². The lowest BCUT2D eigenvalue weighted by molar-refractivity contribution is -0.140. The number of carbonyl (C=O) groups excluding carboxylic acids is 1. The van der Waals surface area contributed by atoms with Crippen LogP contribution in [0.25, 0.3) is 0 Å². The first kappa shape index (κ1) is 9.50. The van der Waals surface area contributed by atoms with Crippen LogP contribution in [0.15, 0.2) is 4.52 Å². The molecule has 0 fully saturated rings. The third kappa shape index (κ3) is 3.10. The van der Waals surface area contributed by atoms with Crippen molar-refractivity contribution in [3.05, 3.63) is 5.82 Å². The molecule has 0 bridgehead atoms. The van der Waals surface area contributed by atoms with Gasteiger partial charge in [0.05, 0.1) is 6.61 Å². The minimum Gasteiger partial charge on any atom is -0.465 e. The van der Waals surface area contributed by atoms with E-state index in [1.165, 1.54) is 0 Å². The molecule has 0 spiro atoms. The molecule has 13 heavy (non-hydrogen) atoms. The molecule has 0 unspecified atom stereocenters. The molecule has 0 radical (unpaired) electrons. The first-order valence-corrected chi connectivity index (χ1v) is 3.92. The van der Waals surface area contributed by atoms with Crippen LogP contribution >= 0.6 is 0 Å². The molecule has 0 amide bonds. The highest BCUT2D eigenvalue weighted by Gasteiger charge is 2.05. The molecule has 0 aromatic carbocycles. The summed E-state index contributed by atoms with van der Waals surface area (Å²) in [5.41, 5.74) is 0. The van der Waals surface area contributed by atoms with Gasteiger partial charge in [0, 0.05) is 0 Å². The maximum absolute atomic E-state index is 10.8. The standard InChI is InChI=1S/C7H11N3O3/c1-3-12-6(11)4-8-7-9-5(2)10-13-7/h3-4H2,1-2H3,(H,8,9,10). The summed E-state index contributed by atoms with van der Waals surface area (Å²) in [6, 6.07) is 0.227. The quantitative estimate of drug-likeness (QED) is 0.682. The van der Waals surface area contributed by atoms with Crippen molar-refractivity contribution in [3.63, 3.8) is 0 Å². The van der Waals surface area contributed by atoms with E-state index >= 15 is 0 Å². The van der Waals surface area contributed by atoms with Crippen LogP contribution in [-0.2, 0) is 9.53 Å². The van der Waals surface area contributed by atoms with Crippen LogP contribution < -0.4 is 5.32 Å². The monoisotopic (exact) mass is 185 g/mol. The molecule has 1 heterocycles. The SMILES string of the molecule is CCOC(=O)CNc1nc(C)no1. The number of aromatic nitrogens is 2. The lowest BCUT2D eigenvalue weighted by Crippen LogP contribution is -2.16. The van der Waals surface area contributed by atoms with Gasteiger partial charge in [0.15, 0.2) is 5.82 Å². The Hall–Kier alpha value is -1.59. The van der Waals surface area contributed by atoms with Crippen LogP contribution in [0, 0.1) is 6.92 Å². The van der Waals surface area contributed by atoms with E-state index in [2.05, 4.69) is 20.2 Å². The summed E-state index contributed by atoms with van der Waals surface area (Å²) in [4.78, 5) is 14.7. The third-order valence-electron chi connectivity index (χ3n) is 1.22. The Labute approximate surface area is 75.3 Å². The molecular weight excluding hydrogens is 174 g/mol. The molecule has 1 rings (SSSR count). The van der Waals surface area contributed by atoms with Crippen molar-refractivity contribution < 1.29 is 14.1 Å². The normalized spacial score (nSPS) is 9.69. The van der Waals surface area contributed by atoms with E-state index in [1.54, 1.807) is 13.8 Å². The molecule has 0 aliphatic heterocycles. The van der Waals surface area contributed by atoms with E-state index in [4.69, 9.17) is 4.52 Å². The molecule has 0 aliphatic carbocycles. The fourth-order valence-corrected chi connectivity index (χ4v) is 0.729. The molecule has 1 aromatic heterocycles. The molecular formula is C7H11N3O3. The summed E-state index contributed by atoms with van der Waals surface area (Å²) < 4.78 is 9.39. The van der Waals surface area contributed by atoms with Gasteiger partial charge in [-0.1, -0.05) is 5.16 Å². The highest BCUT2D eigenvalue weighted by atomic mass is 16.5. The summed E-state index contributed by atoms with van der Waals surface area (Å²) in [6.07, 6.45) is 0. The van der Waals surface area contributed by atoms with Gasteiger partial charge in [-0.15, -0.1) is 0 Å². The second kappa shape index (κ2) is 4.44. The molecule has 0 saturated carbocycles. The maximum atomic E-state index is 10.8. The number of hydrogen-bond donors (Lipinski definition) is 1. The number of carbonyl (C=O) groups is 1. The number of aryl methyl sites for hydroxylation is 1. The number of hydrogen-bond acceptors (Lipinski definition) is 6. The van der Waals surface area contributed by atoms with Crippen LogP contribution in [0.3, 0.4) is 0 Å². The Morgan fingerprint density at radius 1 is 1.69 bits per heavy atom. The van der Waals surface area contributed by atoms with E-state index in [0.29, 0.717) is 12.4 Å². The lowest BCUT2D eigenvalue weighted by atomic mass is 10.6. The van der Waals surface area contributed by atoms with Gasteiger partial charge < -0.3 is 14.6 Å². The molecule has 1 aromatic rings. The maximum Gasteiger partial charge on any atom is 0.325 e. The number of anilines is 1. The largest absolute Gasteiger partial charge is 0.465 e. The minimum atomic E-state index is -0.349. The van der Waals surface area contributed by atoms with Gasteiger partial charge in [-0.2, -0.15) is 4.98 Å². The average Bonchev–Trinajstić information content (AvgIpc) is 2.49. The van der Waals surface area contributed by atoms with Crippen molar-refractivity contribution in [3.8, 4) is 0 Å². The first-order chi connectivity index (χ1) is 6.22. The number of esters is 1. The Balaban J connectivity index is 2.30. The fraction of sp³-hybridized carbons (Fsp3) is 0.571. The highest BCUT2D eigenvalue weighted by molar-refractivity contribution is 5.73. The zero-order valence-electron chi connectivity index (χ0n) is 7.53. The Bertz CT molecular complexity index is 284. The molecule has 6 nitrogen and oxygen atoms in total. The number of nitrogens with zero attached hydrogens (tertiary/aromatic N) is 2. The number of nitrogens with one attached hydrogen (secondary N) is 1. The van der Waals surface area contributed by atoms with Crippen molar-refractivity contribution in [2.24, 2.45) is 0 Å². The third-order valence-corrected chi connectivity index (χ3v) is 1.22. The van der Waals surface area contributed by atoms with Gasteiger partial charge in [0.1, 0.15) is 6.54 Å². The number of ether oxygens (including phenoxy) is 1. The summed E-state index contributed by atoms with van der Waals surface area (Å²) in [5.74, 6) is 0.171. The van der Waals surface area contributed by atoms with E-state index in [0.717, 1.165) is 0 Å².